The lowest BCUT2D eigenvalue weighted by atomic mass is 10.3. The highest BCUT2D eigenvalue weighted by molar-refractivity contribution is 7.09. The molecule has 0 bridgehead atoms. The van der Waals surface area contributed by atoms with Crippen LogP contribution in [-0.4, -0.2) is 15.7 Å². The van der Waals surface area contributed by atoms with Crippen LogP contribution in [0.2, 0.25) is 0 Å². The molecule has 17 heavy (non-hydrogen) atoms. The predicted octanol–water partition coefficient (Wildman–Crippen LogP) is 2.45. The molecule has 2 aromatic heterocycles. The second-order valence-corrected chi connectivity index (χ2v) is 4.36. The average molecular weight is 242 g/mol. The molecule has 84 valence electrons. The molecule has 0 atom stereocenters. The summed E-state index contributed by atoms with van der Waals surface area (Å²) >= 11 is 1.57. The van der Waals surface area contributed by atoms with Crippen LogP contribution in [0.3, 0.4) is 0 Å². The van der Waals surface area contributed by atoms with Gasteiger partial charge < -0.3 is 0 Å². The van der Waals surface area contributed by atoms with E-state index in [9.17, 15) is 0 Å². The van der Waals surface area contributed by atoms with Crippen LogP contribution in [0.15, 0.2) is 41.9 Å². The van der Waals surface area contributed by atoms with E-state index in [1.807, 2.05) is 23.7 Å². The van der Waals surface area contributed by atoms with Crippen molar-refractivity contribution in [2.24, 2.45) is 0 Å². The molecule has 5 heteroatoms. The molecular formula is C12H10N4S. The first kappa shape index (κ1) is 11.3. The SMILES string of the molecule is N#CN(Cc1cccs1)C(=N)c1ccccn1. The summed E-state index contributed by atoms with van der Waals surface area (Å²) < 4.78 is 0. The minimum atomic E-state index is 0.126. The summed E-state index contributed by atoms with van der Waals surface area (Å²) in [6, 6.07) is 9.19. The quantitative estimate of drug-likeness (QED) is 0.389. The van der Waals surface area contributed by atoms with Crippen LogP contribution >= 0.6 is 11.3 Å². The van der Waals surface area contributed by atoms with Gasteiger partial charge in [0.2, 0.25) is 0 Å². The van der Waals surface area contributed by atoms with Gasteiger partial charge in [-0.25, -0.2) is 0 Å². The molecule has 4 nitrogen and oxygen atoms in total. The van der Waals surface area contributed by atoms with E-state index in [0.717, 1.165) is 4.88 Å². The molecule has 2 rings (SSSR count). The fraction of sp³-hybridized carbons (Fsp3) is 0.0833. The van der Waals surface area contributed by atoms with Gasteiger partial charge in [-0.15, -0.1) is 11.3 Å². The summed E-state index contributed by atoms with van der Waals surface area (Å²) in [6.45, 7) is 0.420. The van der Waals surface area contributed by atoms with E-state index < -0.39 is 0 Å². The number of rotatable bonds is 3. The number of nitrogens with one attached hydrogen (secondary N) is 1. The third-order valence-electron chi connectivity index (χ3n) is 2.19. The fourth-order valence-electron chi connectivity index (χ4n) is 1.36. The Balaban J connectivity index is 2.15. The molecule has 0 aromatic carbocycles. The molecule has 0 saturated carbocycles. The van der Waals surface area contributed by atoms with Crippen molar-refractivity contribution in [1.82, 2.24) is 9.88 Å². The second kappa shape index (κ2) is 5.23. The second-order valence-electron chi connectivity index (χ2n) is 3.33. The van der Waals surface area contributed by atoms with E-state index in [1.54, 1.807) is 35.7 Å². The zero-order valence-corrected chi connectivity index (χ0v) is 9.81. The van der Waals surface area contributed by atoms with Gasteiger partial charge in [-0.2, -0.15) is 5.26 Å². The maximum absolute atomic E-state index is 9.07. The van der Waals surface area contributed by atoms with E-state index in [0.29, 0.717) is 12.2 Å². The summed E-state index contributed by atoms with van der Waals surface area (Å²) in [7, 11) is 0. The Morgan fingerprint density at radius 1 is 1.41 bits per heavy atom. The molecule has 0 aliphatic carbocycles. The third kappa shape index (κ3) is 2.68. The van der Waals surface area contributed by atoms with Gasteiger partial charge >= 0.3 is 0 Å². The number of hydrogen-bond donors (Lipinski definition) is 1. The number of nitrogens with zero attached hydrogens (tertiary/aromatic N) is 3. The van der Waals surface area contributed by atoms with Crippen molar-refractivity contribution in [3.8, 4) is 6.19 Å². The standard InChI is InChI=1S/C12H10N4S/c13-9-16(8-10-4-3-7-17-10)12(14)11-5-1-2-6-15-11/h1-7,14H,8H2. The van der Waals surface area contributed by atoms with Gasteiger partial charge in [0, 0.05) is 11.1 Å². The maximum Gasteiger partial charge on any atom is 0.185 e. The smallest absolute Gasteiger partial charge is 0.185 e. The Kier molecular flexibility index (Phi) is 3.48. The Bertz CT molecular complexity index is 527. The van der Waals surface area contributed by atoms with Crippen molar-refractivity contribution in [2.75, 3.05) is 0 Å². The zero-order chi connectivity index (χ0) is 12.1. The molecule has 0 aliphatic rings. The van der Waals surface area contributed by atoms with Gasteiger partial charge in [0.15, 0.2) is 12.0 Å². The highest BCUT2D eigenvalue weighted by Gasteiger charge is 2.13. The highest BCUT2D eigenvalue weighted by atomic mass is 32.1. The number of hydrogen-bond acceptors (Lipinski definition) is 4. The van der Waals surface area contributed by atoms with Crippen LogP contribution < -0.4 is 0 Å². The number of amidine groups is 1. The fourth-order valence-corrected chi connectivity index (χ4v) is 2.06. The Morgan fingerprint density at radius 3 is 2.88 bits per heavy atom. The van der Waals surface area contributed by atoms with Crippen LogP contribution in [0.25, 0.3) is 0 Å². The summed E-state index contributed by atoms with van der Waals surface area (Å²) in [6.07, 6.45) is 3.63. The summed E-state index contributed by atoms with van der Waals surface area (Å²) in [4.78, 5) is 6.44. The number of pyridine rings is 1. The monoisotopic (exact) mass is 242 g/mol. The van der Waals surface area contributed by atoms with E-state index >= 15 is 0 Å². The Morgan fingerprint density at radius 2 is 2.29 bits per heavy atom. The van der Waals surface area contributed by atoms with Crippen molar-refractivity contribution in [3.05, 3.63) is 52.5 Å². The van der Waals surface area contributed by atoms with Gasteiger partial charge in [0.25, 0.3) is 0 Å². The van der Waals surface area contributed by atoms with Crippen LogP contribution in [0, 0.1) is 16.9 Å². The molecule has 0 saturated heterocycles. The van der Waals surface area contributed by atoms with Gasteiger partial charge in [0.05, 0.1) is 6.54 Å². The maximum atomic E-state index is 9.07. The topological polar surface area (TPSA) is 63.8 Å². The van der Waals surface area contributed by atoms with Crippen molar-refractivity contribution < 1.29 is 0 Å². The number of nitriles is 1. The van der Waals surface area contributed by atoms with Crippen LogP contribution in [0.4, 0.5) is 0 Å². The molecule has 0 fully saturated rings. The molecule has 0 amide bonds. The molecule has 1 N–H and O–H groups in total. The lowest BCUT2D eigenvalue weighted by molar-refractivity contribution is 0.573. The van der Waals surface area contributed by atoms with Crippen LogP contribution in [0.1, 0.15) is 10.6 Å². The number of thiophene rings is 1. The van der Waals surface area contributed by atoms with E-state index in [2.05, 4.69) is 4.98 Å². The molecule has 2 aromatic rings. The molecular weight excluding hydrogens is 232 g/mol. The number of aromatic nitrogens is 1. The Labute approximate surface area is 103 Å². The third-order valence-corrected chi connectivity index (χ3v) is 3.05. The molecule has 0 unspecified atom stereocenters. The van der Waals surface area contributed by atoms with Crippen molar-refractivity contribution in [3.63, 3.8) is 0 Å². The normalized spacial score (nSPS) is 9.59. The van der Waals surface area contributed by atoms with Gasteiger partial charge in [0.1, 0.15) is 5.69 Å². The first-order valence-electron chi connectivity index (χ1n) is 5.01. The van der Waals surface area contributed by atoms with Crippen molar-refractivity contribution in [2.45, 2.75) is 6.54 Å². The average Bonchev–Trinajstić information content (AvgIpc) is 2.89. The largest absolute Gasteiger partial charge is 0.282 e. The van der Waals surface area contributed by atoms with Crippen LogP contribution in [-0.2, 0) is 6.54 Å². The molecule has 0 radical (unpaired) electrons. The molecule has 2 heterocycles. The first-order chi connectivity index (χ1) is 8.31. The lowest BCUT2D eigenvalue weighted by Gasteiger charge is -2.14. The van der Waals surface area contributed by atoms with E-state index in [4.69, 9.17) is 10.7 Å². The summed E-state index contributed by atoms with van der Waals surface area (Å²) in [5.74, 6) is 0.126. The highest BCUT2D eigenvalue weighted by Crippen LogP contribution is 2.12. The molecule has 0 aliphatic heterocycles. The predicted molar refractivity (Wildman–Crippen MR) is 66.5 cm³/mol. The minimum Gasteiger partial charge on any atom is -0.282 e. The van der Waals surface area contributed by atoms with Crippen molar-refractivity contribution in [1.29, 1.82) is 10.7 Å². The summed E-state index contributed by atoms with van der Waals surface area (Å²) in [5, 5.41) is 19.0. The minimum absolute atomic E-state index is 0.126. The lowest BCUT2D eigenvalue weighted by Crippen LogP contribution is -2.26. The van der Waals surface area contributed by atoms with Crippen molar-refractivity contribution >= 4 is 17.2 Å². The van der Waals surface area contributed by atoms with E-state index in [1.165, 1.54) is 4.90 Å². The summed E-state index contributed by atoms with van der Waals surface area (Å²) in [5.41, 5.74) is 0.505. The Hall–Kier alpha value is -2.19. The zero-order valence-electron chi connectivity index (χ0n) is 9.00. The van der Waals surface area contributed by atoms with Gasteiger partial charge in [-0.05, 0) is 23.6 Å². The molecule has 0 spiro atoms. The van der Waals surface area contributed by atoms with Crippen LogP contribution in [0.5, 0.6) is 0 Å². The van der Waals surface area contributed by atoms with Gasteiger partial charge in [-0.3, -0.25) is 15.3 Å². The van der Waals surface area contributed by atoms with E-state index in [-0.39, 0.29) is 5.84 Å². The van der Waals surface area contributed by atoms with Gasteiger partial charge in [-0.1, -0.05) is 12.1 Å². The first-order valence-corrected chi connectivity index (χ1v) is 5.89.